The first kappa shape index (κ1) is 16.3. The molecule has 0 bridgehead atoms. The minimum Gasteiger partial charge on any atom is -0.479 e. The number of likely N-dealkylation sites (tertiary alicyclic amines) is 1. The summed E-state index contributed by atoms with van der Waals surface area (Å²) in [7, 11) is 0. The number of nitrogens with zero attached hydrogens (tertiary/aromatic N) is 3. The number of aliphatic hydroxyl groups is 1. The zero-order valence-electron chi connectivity index (χ0n) is 13.3. The number of aliphatic hydroxyl groups excluding tert-OH is 1. The summed E-state index contributed by atoms with van der Waals surface area (Å²) in [5.41, 5.74) is -0.244. The molecule has 0 saturated carbocycles. The summed E-state index contributed by atoms with van der Waals surface area (Å²) >= 11 is 0. The van der Waals surface area contributed by atoms with Crippen LogP contribution in [0.3, 0.4) is 0 Å². The van der Waals surface area contributed by atoms with E-state index in [4.69, 9.17) is 9.52 Å². The van der Waals surface area contributed by atoms with Gasteiger partial charge in [0.05, 0.1) is 6.20 Å². The number of carboxylic acids is 1. The molecule has 1 amide bonds. The van der Waals surface area contributed by atoms with Crippen LogP contribution < -0.4 is 0 Å². The van der Waals surface area contributed by atoms with E-state index >= 15 is 0 Å². The second-order valence-electron chi connectivity index (χ2n) is 6.02. The van der Waals surface area contributed by atoms with Crippen molar-refractivity contribution in [2.45, 2.75) is 31.9 Å². The Bertz CT molecular complexity index is 755. The molecule has 0 aromatic carbocycles. The quantitative estimate of drug-likeness (QED) is 0.864. The summed E-state index contributed by atoms with van der Waals surface area (Å²) in [6.07, 6.45) is 3.87. The van der Waals surface area contributed by atoms with Crippen LogP contribution in [0.2, 0.25) is 0 Å². The predicted octanol–water partition coefficient (Wildman–Crippen LogP) is 0.993. The summed E-state index contributed by atoms with van der Waals surface area (Å²) in [4.78, 5) is 25.9. The molecule has 0 unspecified atom stereocenters. The maximum absolute atomic E-state index is 12.4. The molecule has 1 aliphatic rings. The van der Waals surface area contributed by atoms with Crippen LogP contribution in [0.25, 0.3) is 0 Å². The zero-order chi connectivity index (χ0) is 17.3. The lowest BCUT2D eigenvalue weighted by Gasteiger charge is -2.38. The van der Waals surface area contributed by atoms with Crippen LogP contribution in [0.1, 0.15) is 34.7 Å². The van der Waals surface area contributed by atoms with Crippen molar-refractivity contribution in [3.63, 3.8) is 0 Å². The molecule has 1 aliphatic heterocycles. The monoisotopic (exact) mass is 333 g/mol. The van der Waals surface area contributed by atoms with Crippen LogP contribution in [-0.2, 0) is 16.9 Å². The van der Waals surface area contributed by atoms with Crippen LogP contribution in [0.4, 0.5) is 0 Å². The summed E-state index contributed by atoms with van der Waals surface area (Å²) < 4.78 is 6.75. The van der Waals surface area contributed by atoms with Gasteiger partial charge in [0.15, 0.2) is 11.3 Å². The third-order valence-corrected chi connectivity index (χ3v) is 4.45. The topological polar surface area (TPSA) is 109 Å². The van der Waals surface area contributed by atoms with Crippen LogP contribution in [-0.4, -0.2) is 49.9 Å². The predicted molar refractivity (Wildman–Crippen MR) is 82.3 cm³/mol. The van der Waals surface area contributed by atoms with E-state index in [0.29, 0.717) is 18.8 Å². The van der Waals surface area contributed by atoms with Gasteiger partial charge in [-0.1, -0.05) is 0 Å². The van der Waals surface area contributed by atoms with E-state index < -0.39 is 11.5 Å². The summed E-state index contributed by atoms with van der Waals surface area (Å²) in [6, 6.07) is 3.06. The highest BCUT2D eigenvalue weighted by Gasteiger charge is 2.45. The van der Waals surface area contributed by atoms with Gasteiger partial charge in [-0.05, 0) is 24.6 Å². The van der Waals surface area contributed by atoms with E-state index in [2.05, 4.69) is 5.10 Å². The van der Waals surface area contributed by atoms with Gasteiger partial charge in [0.2, 0.25) is 0 Å². The number of aliphatic carboxylic acids is 1. The summed E-state index contributed by atoms with van der Waals surface area (Å²) in [6.45, 7) is 2.17. The van der Waals surface area contributed by atoms with E-state index in [0.717, 1.165) is 5.56 Å². The molecule has 2 aromatic rings. The molecule has 0 radical (unpaired) electrons. The van der Waals surface area contributed by atoms with E-state index in [1.54, 1.807) is 23.4 Å². The molecule has 3 rings (SSSR count). The van der Waals surface area contributed by atoms with Gasteiger partial charge >= 0.3 is 5.97 Å². The Kier molecular flexibility index (Phi) is 4.15. The van der Waals surface area contributed by atoms with E-state index in [1.807, 2.05) is 6.92 Å². The van der Waals surface area contributed by atoms with Crippen molar-refractivity contribution < 1.29 is 24.2 Å². The highest BCUT2D eigenvalue weighted by molar-refractivity contribution is 5.91. The van der Waals surface area contributed by atoms with Crippen molar-refractivity contribution in [3.05, 3.63) is 41.6 Å². The largest absolute Gasteiger partial charge is 0.479 e. The molecule has 0 aliphatic carbocycles. The maximum atomic E-state index is 12.4. The Morgan fingerprint density at radius 2 is 2.04 bits per heavy atom. The highest BCUT2D eigenvalue weighted by Crippen LogP contribution is 2.31. The molecule has 24 heavy (non-hydrogen) atoms. The number of rotatable bonds is 4. The lowest BCUT2D eigenvalue weighted by molar-refractivity contribution is -0.150. The Morgan fingerprint density at radius 1 is 1.33 bits per heavy atom. The summed E-state index contributed by atoms with van der Waals surface area (Å²) in [5, 5.41) is 22.9. The molecular formula is C16H19N3O5. The Hall–Kier alpha value is -2.61. The first-order chi connectivity index (χ1) is 11.5. The average Bonchev–Trinajstić information content (AvgIpc) is 3.23. The van der Waals surface area contributed by atoms with E-state index in [-0.39, 0.29) is 31.1 Å². The Balaban J connectivity index is 1.76. The van der Waals surface area contributed by atoms with Gasteiger partial charge in [0.1, 0.15) is 12.4 Å². The van der Waals surface area contributed by atoms with Gasteiger partial charge in [-0.3, -0.25) is 9.48 Å². The molecule has 1 fully saturated rings. The third-order valence-electron chi connectivity index (χ3n) is 4.45. The number of carboxylic acid groups (broad SMARTS) is 1. The number of hydrogen-bond donors (Lipinski definition) is 2. The van der Waals surface area contributed by atoms with E-state index in [9.17, 15) is 14.7 Å². The SMILES string of the molecule is Cc1cnn(C2(C(=O)O)CCN(C(=O)c3ccc(CO)o3)CC2)c1. The van der Waals surface area contributed by atoms with Gasteiger partial charge in [-0.25, -0.2) is 4.79 Å². The van der Waals surface area contributed by atoms with Gasteiger partial charge in [-0.15, -0.1) is 0 Å². The number of piperidine rings is 1. The molecule has 8 heteroatoms. The fourth-order valence-corrected chi connectivity index (χ4v) is 3.00. The second-order valence-corrected chi connectivity index (χ2v) is 6.02. The number of hydrogen-bond acceptors (Lipinski definition) is 5. The van der Waals surface area contributed by atoms with Crippen molar-refractivity contribution >= 4 is 11.9 Å². The molecule has 2 N–H and O–H groups in total. The first-order valence-electron chi connectivity index (χ1n) is 7.70. The minimum absolute atomic E-state index is 0.150. The van der Waals surface area contributed by atoms with Crippen LogP contribution in [0, 0.1) is 6.92 Å². The number of aromatic nitrogens is 2. The number of furan rings is 1. The highest BCUT2D eigenvalue weighted by atomic mass is 16.4. The summed E-state index contributed by atoms with van der Waals surface area (Å²) in [5.74, 6) is -0.775. The average molecular weight is 333 g/mol. The van der Waals surface area contributed by atoms with Crippen molar-refractivity contribution in [2.75, 3.05) is 13.1 Å². The number of carbonyl (C=O) groups excluding carboxylic acids is 1. The third kappa shape index (κ3) is 2.69. The smallest absolute Gasteiger partial charge is 0.331 e. The van der Waals surface area contributed by atoms with Crippen molar-refractivity contribution in [2.24, 2.45) is 0 Å². The van der Waals surface area contributed by atoms with Gasteiger partial charge in [0.25, 0.3) is 5.91 Å². The molecule has 0 spiro atoms. The van der Waals surface area contributed by atoms with Gasteiger partial charge in [-0.2, -0.15) is 5.10 Å². The minimum atomic E-state index is -1.13. The molecule has 0 atom stereocenters. The maximum Gasteiger partial charge on any atom is 0.331 e. The fourth-order valence-electron chi connectivity index (χ4n) is 3.00. The number of carbonyl (C=O) groups is 2. The van der Waals surface area contributed by atoms with Crippen LogP contribution in [0.15, 0.2) is 28.9 Å². The fraction of sp³-hybridized carbons (Fsp3) is 0.438. The first-order valence-corrected chi connectivity index (χ1v) is 7.70. The number of amides is 1. The standard InChI is InChI=1S/C16H19N3O5/c1-11-8-17-19(9-11)16(15(22)23)4-6-18(7-5-16)14(21)13-3-2-12(10-20)24-13/h2-3,8-9,20H,4-7,10H2,1H3,(H,22,23). The lowest BCUT2D eigenvalue weighted by Crippen LogP contribution is -2.52. The van der Waals surface area contributed by atoms with Crippen molar-refractivity contribution in [3.8, 4) is 0 Å². The Morgan fingerprint density at radius 3 is 2.54 bits per heavy atom. The van der Waals surface area contributed by atoms with Crippen molar-refractivity contribution in [1.29, 1.82) is 0 Å². The second kappa shape index (κ2) is 6.12. The molecule has 1 saturated heterocycles. The van der Waals surface area contributed by atoms with Crippen molar-refractivity contribution in [1.82, 2.24) is 14.7 Å². The molecular weight excluding hydrogens is 314 g/mol. The lowest BCUT2D eigenvalue weighted by atomic mass is 9.87. The van der Waals surface area contributed by atoms with Gasteiger partial charge in [0, 0.05) is 32.1 Å². The molecule has 3 heterocycles. The van der Waals surface area contributed by atoms with Crippen LogP contribution in [0.5, 0.6) is 0 Å². The zero-order valence-corrected chi connectivity index (χ0v) is 13.3. The number of aryl methyl sites for hydroxylation is 1. The Labute approximate surface area is 138 Å². The molecule has 128 valence electrons. The molecule has 8 nitrogen and oxygen atoms in total. The van der Waals surface area contributed by atoms with Crippen LogP contribution >= 0.6 is 0 Å². The van der Waals surface area contributed by atoms with Gasteiger partial charge < -0.3 is 19.5 Å². The normalized spacial score (nSPS) is 17.0. The molecule has 2 aromatic heterocycles. The van der Waals surface area contributed by atoms with E-state index in [1.165, 1.54) is 10.7 Å².